The summed E-state index contributed by atoms with van der Waals surface area (Å²) in [5, 5.41) is 22.1. The van der Waals surface area contributed by atoms with Gasteiger partial charge in [0, 0.05) is 12.1 Å². The minimum atomic E-state index is -4.99. The highest BCUT2D eigenvalue weighted by Gasteiger charge is 2.30. The molecule has 0 aliphatic rings. The molecule has 0 fully saturated rings. The van der Waals surface area contributed by atoms with E-state index >= 15 is 0 Å². The first-order valence-corrected chi connectivity index (χ1v) is 10.2. The van der Waals surface area contributed by atoms with Gasteiger partial charge < -0.3 is 0 Å². The van der Waals surface area contributed by atoms with Crippen LogP contribution < -0.4 is 0 Å². The lowest BCUT2D eigenvalue weighted by Crippen LogP contribution is -2.10. The number of nitrogens with zero attached hydrogens (tertiary/aromatic N) is 2. The van der Waals surface area contributed by atoms with Crippen molar-refractivity contribution in [2.24, 2.45) is 0 Å². The maximum atomic E-state index is 11.6. The van der Waals surface area contributed by atoms with Crippen molar-refractivity contribution in [3.8, 4) is 0 Å². The third-order valence-corrected chi connectivity index (χ3v) is 5.70. The Morgan fingerprint density at radius 2 is 1.04 bits per heavy atom. The second-order valence-corrected chi connectivity index (χ2v) is 8.21. The molecule has 0 bridgehead atoms. The topological polar surface area (TPSA) is 195 Å². The van der Waals surface area contributed by atoms with E-state index in [2.05, 4.69) is 0 Å². The molecule has 28 heavy (non-hydrogen) atoms. The molecule has 0 atom stereocenters. The average Bonchev–Trinajstić information content (AvgIpc) is 2.57. The summed E-state index contributed by atoms with van der Waals surface area (Å²) in [7, 11) is -9.98. The standard InChI is InChI=1S/C14H12N2O10S2/c17-15(18)11-5-1-3-9(13(11)27(21,22)23)7-8-10-4-2-6-12(16(19)20)14(10)28(24,25)26/h1-6H,7-8H2,(H,21,22,23)(H,24,25,26). The third kappa shape index (κ3) is 4.48. The van der Waals surface area contributed by atoms with Crippen molar-refractivity contribution in [1.29, 1.82) is 0 Å². The molecule has 2 aromatic carbocycles. The molecule has 0 amide bonds. The lowest BCUT2D eigenvalue weighted by Gasteiger charge is -2.10. The van der Waals surface area contributed by atoms with Crippen molar-refractivity contribution >= 4 is 31.6 Å². The normalized spacial score (nSPS) is 11.9. The number of aryl methyl sites for hydroxylation is 2. The Hall–Kier alpha value is -2.94. The van der Waals surface area contributed by atoms with Crippen LogP contribution in [0.25, 0.3) is 0 Å². The lowest BCUT2D eigenvalue weighted by molar-refractivity contribution is -0.388. The number of benzene rings is 2. The summed E-state index contributed by atoms with van der Waals surface area (Å²) in [6.07, 6.45) is -0.666. The zero-order valence-corrected chi connectivity index (χ0v) is 15.4. The van der Waals surface area contributed by atoms with Crippen LogP contribution in [0.1, 0.15) is 11.1 Å². The van der Waals surface area contributed by atoms with E-state index in [9.17, 15) is 46.2 Å². The molecule has 0 aromatic heterocycles. The van der Waals surface area contributed by atoms with Gasteiger partial charge in [-0.1, -0.05) is 24.3 Å². The van der Waals surface area contributed by atoms with Crippen LogP contribution in [0.4, 0.5) is 11.4 Å². The van der Waals surface area contributed by atoms with Gasteiger partial charge in [-0.3, -0.25) is 29.3 Å². The molecule has 2 rings (SSSR count). The summed E-state index contributed by atoms with van der Waals surface area (Å²) < 4.78 is 65.0. The van der Waals surface area contributed by atoms with E-state index in [1.807, 2.05) is 0 Å². The fraction of sp³-hybridized carbons (Fsp3) is 0.143. The van der Waals surface area contributed by atoms with Crippen LogP contribution in [0.15, 0.2) is 46.2 Å². The average molecular weight is 432 g/mol. The summed E-state index contributed by atoms with van der Waals surface area (Å²) in [4.78, 5) is 18.1. The molecule has 0 saturated carbocycles. The second kappa shape index (κ2) is 7.59. The summed E-state index contributed by atoms with van der Waals surface area (Å²) in [5.74, 6) is 0. The van der Waals surface area contributed by atoms with Crippen LogP contribution in [0, 0.1) is 20.2 Å². The smallest absolute Gasteiger partial charge is 0.282 e. The molecule has 0 saturated heterocycles. The first-order valence-electron chi connectivity index (χ1n) is 7.31. The largest absolute Gasteiger partial charge is 0.301 e. The summed E-state index contributed by atoms with van der Waals surface area (Å²) in [5.41, 5.74) is -2.17. The van der Waals surface area contributed by atoms with Crippen molar-refractivity contribution in [2.45, 2.75) is 22.6 Å². The maximum Gasteiger partial charge on any atom is 0.301 e. The highest BCUT2D eigenvalue weighted by molar-refractivity contribution is 7.86. The Balaban J connectivity index is 2.58. The molecule has 2 aromatic rings. The molecule has 0 aliphatic heterocycles. The Kier molecular flexibility index (Phi) is 5.79. The minimum absolute atomic E-state index is 0.204. The SMILES string of the molecule is O=[N+]([O-])c1cccc(CCc2cccc([N+](=O)[O-])c2S(=O)(=O)O)c1S(=O)(=O)O. The number of hydrogen-bond donors (Lipinski definition) is 2. The van der Waals surface area contributed by atoms with Crippen molar-refractivity contribution in [1.82, 2.24) is 0 Å². The molecule has 14 heteroatoms. The van der Waals surface area contributed by atoms with E-state index < -0.39 is 51.2 Å². The Morgan fingerprint density at radius 3 is 1.29 bits per heavy atom. The fourth-order valence-corrected chi connectivity index (χ4v) is 4.51. The van der Waals surface area contributed by atoms with Gasteiger partial charge in [0.15, 0.2) is 9.79 Å². The molecule has 2 N–H and O–H groups in total. The second-order valence-electron chi connectivity index (χ2n) is 5.50. The predicted molar refractivity (Wildman–Crippen MR) is 93.2 cm³/mol. The van der Waals surface area contributed by atoms with E-state index in [1.165, 1.54) is 24.3 Å². The lowest BCUT2D eigenvalue weighted by atomic mass is 10.0. The van der Waals surface area contributed by atoms with Crippen LogP contribution in [0.2, 0.25) is 0 Å². The molecule has 12 nitrogen and oxygen atoms in total. The van der Waals surface area contributed by atoms with E-state index in [-0.39, 0.29) is 24.0 Å². The zero-order chi connectivity index (χ0) is 21.3. The molecule has 0 heterocycles. The number of rotatable bonds is 7. The van der Waals surface area contributed by atoms with Crippen LogP contribution in [0.3, 0.4) is 0 Å². The molecular weight excluding hydrogens is 420 g/mol. The Morgan fingerprint density at radius 1 is 0.714 bits per heavy atom. The van der Waals surface area contributed by atoms with Crippen LogP contribution in [0.5, 0.6) is 0 Å². The quantitative estimate of drug-likeness (QED) is 0.369. The van der Waals surface area contributed by atoms with Gasteiger partial charge in [-0.25, -0.2) is 0 Å². The predicted octanol–water partition coefficient (Wildman–Crippen LogP) is 1.78. The number of hydrogen-bond acceptors (Lipinski definition) is 8. The molecule has 0 unspecified atom stereocenters. The zero-order valence-electron chi connectivity index (χ0n) is 13.7. The number of nitro benzene ring substituents is 2. The van der Waals surface area contributed by atoms with Gasteiger partial charge in [0.05, 0.1) is 9.85 Å². The first-order chi connectivity index (χ1) is 12.8. The van der Waals surface area contributed by atoms with E-state index in [1.54, 1.807) is 0 Å². The van der Waals surface area contributed by atoms with Gasteiger partial charge >= 0.3 is 20.2 Å². The fourth-order valence-electron chi connectivity index (χ4n) is 2.69. The van der Waals surface area contributed by atoms with Gasteiger partial charge in [-0.15, -0.1) is 0 Å². The third-order valence-electron chi connectivity index (χ3n) is 3.72. The highest BCUT2D eigenvalue weighted by atomic mass is 32.2. The van der Waals surface area contributed by atoms with Crippen LogP contribution >= 0.6 is 0 Å². The molecule has 150 valence electrons. The Labute approximate surface area is 158 Å². The minimum Gasteiger partial charge on any atom is -0.282 e. The molecule has 0 radical (unpaired) electrons. The van der Waals surface area contributed by atoms with Gasteiger partial charge in [0.2, 0.25) is 0 Å². The van der Waals surface area contributed by atoms with Crippen molar-refractivity contribution in [3.63, 3.8) is 0 Å². The van der Waals surface area contributed by atoms with Gasteiger partial charge in [-0.2, -0.15) is 16.8 Å². The maximum absolute atomic E-state index is 11.6. The Bertz CT molecular complexity index is 1080. The van der Waals surface area contributed by atoms with E-state index in [4.69, 9.17) is 0 Å². The van der Waals surface area contributed by atoms with Crippen LogP contribution in [-0.2, 0) is 33.1 Å². The first kappa shape index (κ1) is 21.4. The van der Waals surface area contributed by atoms with Crippen LogP contribution in [-0.4, -0.2) is 35.8 Å². The van der Waals surface area contributed by atoms with Crippen molar-refractivity contribution in [3.05, 3.63) is 67.8 Å². The van der Waals surface area contributed by atoms with Gasteiger partial charge in [0.25, 0.3) is 11.4 Å². The van der Waals surface area contributed by atoms with E-state index in [0.29, 0.717) is 0 Å². The van der Waals surface area contributed by atoms with Crippen molar-refractivity contribution in [2.75, 3.05) is 0 Å². The van der Waals surface area contributed by atoms with E-state index in [0.717, 1.165) is 12.1 Å². The summed E-state index contributed by atoms with van der Waals surface area (Å²) >= 11 is 0. The monoisotopic (exact) mass is 432 g/mol. The highest BCUT2D eigenvalue weighted by Crippen LogP contribution is 2.31. The summed E-state index contributed by atoms with van der Waals surface area (Å²) in [6, 6.07) is 6.40. The number of nitro groups is 2. The molecule has 0 spiro atoms. The molecular formula is C14H12N2O10S2. The van der Waals surface area contributed by atoms with Crippen molar-refractivity contribution < 1.29 is 35.8 Å². The van der Waals surface area contributed by atoms with Gasteiger partial charge in [0.1, 0.15) is 0 Å². The van der Waals surface area contributed by atoms with Gasteiger partial charge in [-0.05, 0) is 24.0 Å². The molecule has 0 aliphatic carbocycles. The summed E-state index contributed by atoms with van der Waals surface area (Å²) in [6.45, 7) is 0.